The Bertz CT molecular complexity index is 178. The van der Waals surface area contributed by atoms with Crippen LogP contribution in [0.4, 0.5) is 0 Å². The minimum absolute atomic E-state index is 0.0213. The Hall–Kier alpha value is -1.06. The quantitative estimate of drug-likeness (QED) is 0.647. The molecule has 2 N–H and O–H groups in total. The van der Waals surface area contributed by atoms with Crippen LogP contribution in [0, 0.1) is 5.92 Å². The summed E-state index contributed by atoms with van der Waals surface area (Å²) < 4.78 is 0. The first-order valence-electron chi connectivity index (χ1n) is 4.06. The number of primary amides is 1. The minimum Gasteiger partial charge on any atom is -0.368 e. The van der Waals surface area contributed by atoms with Crippen molar-refractivity contribution in [1.82, 2.24) is 4.90 Å². The molecule has 12 heavy (non-hydrogen) atoms. The first-order valence-corrected chi connectivity index (χ1v) is 4.06. The van der Waals surface area contributed by atoms with Gasteiger partial charge in [0.2, 0.25) is 11.8 Å². The molecule has 0 aromatic heterocycles. The highest BCUT2D eigenvalue weighted by Crippen LogP contribution is 1.99. The van der Waals surface area contributed by atoms with E-state index in [9.17, 15) is 9.59 Å². The van der Waals surface area contributed by atoms with Crippen LogP contribution in [0.3, 0.4) is 0 Å². The summed E-state index contributed by atoms with van der Waals surface area (Å²) in [6.45, 7) is 5.97. The molecule has 0 saturated heterocycles. The molecule has 70 valence electrons. The lowest BCUT2D eigenvalue weighted by atomic mass is 10.2. The number of nitrogens with zero attached hydrogens (tertiary/aromatic N) is 1. The topological polar surface area (TPSA) is 63.4 Å². The van der Waals surface area contributed by atoms with Gasteiger partial charge in [0.15, 0.2) is 0 Å². The SMILES string of the molecule is CCN(CC(N)=O)C(=O)C(C)C. The van der Waals surface area contributed by atoms with Crippen molar-refractivity contribution in [2.45, 2.75) is 20.8 Å². The van der Waals surface area contributed by atoms with E-state index in [1.54, 1.807) is 13.8 Å². The van der Waals surface area contributed by atoms with E-state index in [-0.39, 0.29) is 18.4 Å². The maximum atomic E-state index is 11.3. The Balaban J connectivity index is 4.15. The summed E-state index contributed by atoms with van der Waals surface area (Å²) in [4.78, 5) is 23.3. The van der Waals surface area contributed by atoms with Crippen molar-refractivity contribution in [2.75, 3.05) is 13.1 Å². The molecular formula is C8H16N2O2. The third-order valence-corrected chi connectivity index (χ3v) is 1.53. The van der Waals surface area contributed by atoms with Gasteiger partial charge >= 0.3 is 0 Å². The van der Waals surface area contributed by atoms with Crippen LogP contribution in [0.2, 0.25) is 0 Å². The van der Waals surface area contributed by atoms with Crippen LogP contribution in [0.15, 0.2) is 0 Å². The van der Waals surface area contributed by atoms with E-state index >= 15 is 0 Å². The number of rotatable bonds is 4. The monoisotopic (exact) mass is 172 g/mol. The molecular weight excluding hydrogens is 156 g/mol. The molecule has 0 aromatic rings. The van der Waals surface area contributed by atoms with E-state index < -0.39 is 5.91 Å². The Morgan fingerprint density at radius 2 is 1.92 bits per heavy atom. The standard InChI is InChI=1S/C8H16N2O2/c1-4-10(5-7(9)11)8(12)6(2)3/h6H,4-5H2,1-3H3,(H2,9,11). The number of carbonyl (C=O) groups is 2. The van der Waals surface area contributed by atoms with Crippen LogP contribution >= 0.6 is 0 Å². The maximum Gasteiger partial charge on any atom is 0.237 e. The summed E-state index contributed by atoms with van der Waals surface area (Å²) >= 11 is 0. The second-order valence-electron chi connectivity index (χ2n) is 2.97. The number of nitrogens with two attached hydrogens (primary N) is 1. The summed E-state index contributed by atoms with van der Waals surface area (Å²) in [6, 6.07) is 0. The molecule has 0 fully saturated rings. The number of likely N-dealkylation sites (N-methyl/N-ethyl adjacent to an activating group) is 1. The lowest BCUT2D eigenvalue weighted by Gasteiger charge is -2.20. The fourth-order valence-corrected chi connectivity index (χ4v) is 0.899. The summed E-state index contributed by atoms with van der Waals surface area (Å²) in [6.07, 6.45) is 0. The van der Waals surface area contributed by atoms with Crippen LogP contribution in [0.5, 0.6) is 0 Å². The Morgan fingerprint density at radius 3 is 2.17 bits per heavy atom. The third-order valence-electron chi connectivity index (χ3n) is 1.53. The second-order valence-corrected chi connectivity index (χ2v) is 2.97. The average molecular weight is 172 g/mol. The normalized spacial score (nSPS) is 10.0. The molecule has 0 spiro atoms. The van der Waals surface area contributed by atoms with Crippen molar-refractivity contribution < 1.29 is 9.59 Å². The highest BCUT2D eigenvalue weighted by atomic mass is 16.2. The van der Waals surface area contributed by atoms with Gasteiger partial charge in [0.1, 0.15) is 0 Å². The third kappa shape index (κ3) is 3.37. The molecule has 0 aliphatic rings. The van der Waals surface area contributed by atoms with Gasteiger partial charge in [0, 0.05) is 12.5 Å². The highest BCUT2D eigenvalue weighted by molar-refractivity contribution is 5.84. The minimum atomic E-state index is -0.467. The predicted octanol–water partition coefficient (Wildman–Crippen LogP) is -0.0238. The highest BCUT2D eigenvalue weighted by Gasteiger charge is 2.16. The van der Waals surface area contributed by atoms with Gasteiger partial charge in [-0.3, -0.25) is 9.59 Å². The number of hydrogen-bond donors (Lipinski definition) is 1. The van der Waals surface area contributed by atoms with Gasteiger partial charge in [0.05, 0.1) is 6.54 Å². The molecule has 4 heteroatoms. The van der Waals surface area contributed by atoms with Gasteiger partial charge in [-0.25, -0.2) is 0 Å². The molecule has 0 radical (unpaired) electrons. The first-order chi connectivity index (χ1) is 5.49. The van der Waals surface area contributed by atoms with Gasteiger partial charge in [-0.05, 0) is 6.92 Å². The molecule has 4 nitrogen and oxygen atoms in total. The molecule has 0 aliphatic heterocycles. The van der Waals surface area contributed by atoms with Crippen molar-refractivity contribution in [2.24, 2.45) is 11.7 Å². The molecule has 0 heterocycles. The molecule has 2 amide bonds. The van der Waals surface area contributed by atoms with E-state index in [2.05, 4.69) is 0 Å². The van der Waals surface area contributed by atoms with Gasteiger partial charge in [0.25, 0.3) is 0 Å². The summed E-state index contributed by atoms with van der Waals surface area (Å²) in [5.74, 6) is -0.577. The smallest absolute Gasteiger partial charge is 0.237 e. The fraction of sp³-hybridized carbons (Fsp3) is 0.750. The van der Waals surface area contributed by atoms with Gasteiger partial charge < -0.3 is 10.6 Å². The molecule has 0 rings (SSSR count). The predicted molar refractivity (Wildman–Crippen MR) is 46.3 cm³/mol. The van der Waals surface area contributed by atoms with E-state index in [1.165, 1.54) is 4.90 Å². The van der Waals surface area contributed by atoms with Crippen molar-refractivity contribution >= 4 is 11.8 Å². The maximum absolute atomic E-state index is 11.3. The van der Waals surface area contributed by atoms with Crippen LogP contribution in [-0.2, 0) is 9.59 Å². The lowest BCUT2D eigenvalue weighted by Crippen LogP contribution is -2.40. The second kappa shape index (κ2) is 4.74. The summed E-state index contributed by atoms with van der Waals surface area (Å²) in [5.41, 5.74) is 4.97. The average Bonchev–Trinajstić information content (AvgIpc) is 1.98. The molecule has 0 saturated carbocycles. The molecule has 0 unspecified atom stereocenters. The van der Waals surface area contributed by atoms with Crippen molar-refractivity contribution in [3.63, 3.8) is 0 Å². The van der Waals surface area contributed by atoms with Gasteiger partial charge in [-0.2, -0.15) is 0 Å². The zero-order chi connectivity index (χ0) is 9.72. The van der Waals surface area contributed by atoms with E-state index in [0.717, 1.165) is 0 Å². The zero-order valence-electron chi connectivity index (χ0n) is 7.83. The molecule has 0 bridgehead atoms. The number of amides is 2. The molecule has 0 aromatic carbocycles. The van der Waals surface area contributed by atoms with Crippen LogP contribution in [0.25, 0.3) is 0 Å². The van der Waals surface area contributed by atoms with E-state index in [1.807, 2.05) is 6.92 Å². The van der Waals surface area contributed by atoms with Crippen molar-refractivity contribution in [3.8, 4) is 0 Å². The number of carbonyl (C=O) groups excluding carboxylic acids is 2. The Labute approximate surface area is 72.7 Å². The summed E-state index contributed by atoms with van der Waals surface area (Å²) in [5, 5.41) is 0. The van der Waals surface area contributed by atoms with Gasteiger partial charge in [-0.1, -0.05) is 13.8 Å². The van der Waals surface area contributed by atoms with E-state index in [0.29, 0.717) is 6.54 Å². The van der Waals surface area contributed by atoms with Crippen LogP contribution in [-0.4, -0.2) is 29.8 Å². The summed E-state index contributed by atoms with van der Waals surface area (Å²) in [7, 11) is 0. The van der Waals surface area contributed by atoms with Crippen molar-refractivity contribution in [1.29, 1.82) is 0 Å². The Morgan fingerprint density at radius 1 is 1.42 bits per heavy atom. The lowest BCUT2D eigenvalue weighted by molar-refractivity contribution is -0.137. The first kappa shape index (κ1) is 10.9. The Kier molecular flexibility index (Phi) is 4.33. The van der Waals surface area contributed by atoms with Gasteiger partial charge in [-0.15, -0.1) is 0 Å². The zero-order valence-corrected chi connectivity index (χ0v) is 7.83. The van der Waals surface area contributed by atoms with E-state index in [4.69, 9.17) is 5.73 Å². The van der Waals surface area contributed by atoms with Crippen LogP contribution in [0.1, 0.15) is 20.8 Å². The largest absolute Gasteiger partial charge is 0.368 e. The fourth-order valence-electron chi connectivity index (χ4n) is 0.899. The molecule has 0 aliphatic carbocycles. The number of hydrogen-bond acceptors (Lipinski definition) is 2. The van der Waals surface area contributed by atoms with Crippen LogP contribution < -0.4 is 5.73 Å². The van der Waals surface area contributed by atoms with Crippen molar-refractivity contribution in [3.05, 3.63) is 0 Å². The molecule has 0 atom stereocenters.